The molecule has 4 N–H and O–H groups in total. The molecular weight excluding hydrogens is 140 g/mol. The van der Waals surface area contributed by atoms with E-state index in [4.69, 9.17) is 16.2 Å². The van der Waals surface area contributed by atoms with E-state index in [1.165, 1.54) is 0 Å². The first kappa shape index (κ1) is 8.71. The molecule has 1 heterocycles. The van der Waals surface area contributed by atoms with Gasteiger partial charge in [-0.05, 0) is 25.0 Å². The van der Waals surface area contributed by atoms with Gasteiger partial charge in [0.1, 0.15) is 0 Å². The smallest absolute Gasteiger partial charge is 0.0799 e. The minimum Gasteiger partial charge on any atom is -0.369 e. The van der Waals surface area contributed by atoms with E-state index < -0.39 is 0 Å². The molecular formula is C8H16N2O. The van der Waals surface area contributed by atoms with E-state index in [0.29, 0.717) is 13.1 Å². The molecule has 1 aliphatic heterocycles. The summed E-state index contributed by atoms with van der Waals surface area (Å²) in [6, 6.07) is 0. The molecule has 0 saturated carbocycles. The zero-order valence-corrected chi connectivity index (χ0v) is 6.75. The van der Waals surface area contributed by atoms with Crippen molar-refractivity contribution in [2.45, 2.75) is 25.0 Å². The van der Waals surface area contributed by atoms with Gasteiger partial charge in [0, 0.05) is 6.54 Å². The van der Waals surface area contributed by atoms with Crippen molar-refractivity contribution in [1.82, 2.24) is 0 Å². The van der Waals surface area contributed by atoms with E-state index in [1.807, 2.05) is 0 Å². The van der Waals surface area contributed by atoms with E-state index in [0.717, 1.165) is 18.4 Å². The molecule has 3 heteroatoms. The third-order valence-corrected chi connectivity index (χ3v) is 1.99. The molecule has 1 rings (SSSR count). The van der Waals surface area contributed by atoms with Gasteiger partial charge in [0.05, 0.1) is 12.2 Å². The quantitative estimate of drug-likeness (QED) is 0.566. The number of hydrogen-bond acceptors (Lipinski definition) is 3. The van der Waals surface area contributed by atoms with Crippen LogP contribution in [0.1, 0.15) is 12.8 Å². The molecule has 3 nitrogen and oxygen atoms in total. The second kappa shape index (κ2) is 3.85. The predicted molar refractivity (Wildman–Crippen MR) is 45.1 cm³/mol. The Morgan fingerprint density at radius 2 is 2.27 bits per heavy atom. The average molecular weight is 156 g/mol. The Labute approximate surface area is 67.4 Å². The Morgan fingerprint density at radius 1 is 1.55 bits per heavy atom. The van der Waals surface area contributed by atoms with Crippen molar-refractivity contribution < 1.29 is 4.74 Å². The van der Waals surface area contributed by atoms with Crippen LogP contribution in [0.15, 0.2) is 12.2 Å². The van der Waals surface area contributed by atoms with Crippen molar-refractivity contribution in [2.24, 2.45) is 11.5 Å². The van der Waals surface area contributed by atoms with Gasteiger partial charge in [0.2, 0.25) is 0 Å². The van der Waals surface area contributed by atoms with Crippen LogP contribution in [0.4, 0.5) is 0 Å². The third kappa shape index (κ3) is 2.02. The Kier molecular flexibility index (Phi) is 3.05. The Hall–Kier alpha value is -0.380. The summed E-state index contributed by atoms with van der Waals surface area (Å²) in [6.45, 7) is 5.15. The monoisotopic (exact) mass is 156 g/mol. The highest BCUT2D eigenvalue weighted by Gasteiger charge is 2.26. The topological polar surface area (TPSA) is 61.3 Å². The standard InChI is InChI=1S/C8H16N2O/c1-6-4-7(5-10)11-8(6)2-3-9/h7-8H,1-5,9-10H2. The summed E-state index contributed by atoms with van der Waals surface area (Å²) < 4.78 is 5.56. The molecule has 0 aromatic rings. The highest BCUT2D eigenvalue weighted by molar-refractivity contribution is 5.09. The van der Waals surface area contributed by atoms with Crippen LogP contribution in [0.2, 0.25) is 0 Å². The van der Waals surface area contributed by atoms with E-state index in [-0.39, 0.29) is 12.2 Å². The molecule has 0 aromatic heterocycles. The lowest BCUT2D eigenvalue weighted by molar-refractivity contribution is 0.0549. The Bertz CT molecular complexity index is 147. The summed E-state index contributed by atoms with van der Waals surface area (Å²) in [4.78, 5) is 0. The lowest BCUT2D eigenvalue weighted by Crippen LogP contribution is -2.21. The summed E-state index contributed by atoms with van der Waals surface area (Å²) >= 11 is 0. The van der Waals surface area contributed by atoms with Gasteiger partial charge in [0.15, 0.2) is 0 Å². The van der Waals surface area contributed by atoms with E-state index >= 15 is 0 Å². The molecule has 0 aromatic carbocycles. The molecule has 2 atom stereocenters. The molecule has 0 radical (unpaired) electrons. The fraction of sp³-hybridized carbons (Fsp3) is 0.750. The van der Waals surface area contributed by atoms with E-state index in [2.05, 4.69) is 6.58 Å². The first-order valence-electron chi connectivity index (χ1n) is 4.01. The van der Waals surface area contributed by atoms with Gasteiger partial charge in [-0.3, -0.25) is 0 Å². The maximum atomic E-state index is 5.56. The van der Waals surface area contributed by atoms with Crippen LogP contribution < -0.4 is 11.5 Å². The first-order valence-corrected chi connectivity index (χ1v) is 4.01. The van der Waals surface area contributed by atoms with Crippen LogP contribution in [0.25, 0.3) is 0 Å². The predicted octanol–water partition coefficient (Wildman–Crippen LogP) is 0.00760. The fourth-order valence-electron chi connectivity index (χ4n) is 1.36. The van der Waals surface area contributed by atoms with Gasteiger partial charge < -0.3 is 16.2 Å². The average Bonchev–Trinajstić information content (AvgIpc) is 2.33. The zero-order valence-electron chi connectivity index (χ0n) is 6.75. The van der Waals surface area contributed by atoms with Crippen LogP contribution in [-0.2, 0) is 4.74 Å². The Morgan fingerprint density at radius 3 is 2.73 bits per heavy atom. The highest BCUT2D eigenvalue weighted by Crippen LogP contribution is 2.25. The van der Waals surface area contributed by atoms with Gasteiger partial charge >= 0.3 is 0 Å². The molecule has 0 amide bonds. The summed E-state index contributed by atoms with van der Waals surface area (Å²) in [5.74, 6) is 0. The van der Waals surface area contributed by atoms with Crippen molar-refractivity contribution in [2.75, 3.05) is 13.1 Å². The normalized spacial score (nSPS) is 31.3. The van der Waals surface area contributed by atoms with Gasteiger partial charge in [-0.1, -0.05) is 6.58 Å². The number of ether oxygens (including phenoxy) is 1. The molecule has 1 aliphatic rings. The third-order valence-electron chi connectivity index (χ3n) is 1.99. The molecule has 1 fully saturated rings. The Balaban J connectivity index is 2.38. The summed E-state index contributed by atoms with van der Waals surface area (Å²) in [7, 11) is 0. The van der Waals surface area contributed by atoms with Crippen LogP contribution in [0.3, 0.4) is 0 Å². The van der Waals surface area contributed by atoms with E-state index in [9.17, 15) is 0 Å². The van der Waals surface area contributed by atoms with Gasteiger partial charge in [-0.2, -0.15) is 0 Å². The molecule has 2 unspecified atom stereocenters. The summed E-state index contributed by atoms with van der Waals surface area (Å²) in [5, 5.41) is 0. The van der Waals surface area contributed by atoms with Crippen LogP contribution in [-0.4, -0.2) is 25.3 Å². The molecule has 0 spiro atoms. The second-order valence-corrected chi connectivity index (χ2v) is 2.92. The van der Waals surface area contributed by atoms with Gasteiger partial charge in [-0.15, -0.1) is 0 Å². The molecule has 0 aliphatic carbocycles. The van der Waals surface area contributed by atoms with Crippen LogP contribution in [0.5, 0.6) is 0 Å². The lowest BCUT2D eigenvalue weighted by atomic mass is 10.1. The van der Waals surface area contributed by atoms with Crippen molar-refractivity contribution in [3.8, 4) is 0 Å². The maximum Gasteiger partial charge on any atom is 0.0799 e. The summed E-state index contributed by atoms with van der Waals surface area (Å²) in [6.07, 6.45) is 2.11. The maximum absolute atomic E-state index is 5.56. The van der Waals surface area contributed by atoms with Crippen LogP contribution >= 0.6 is 0 Å². The first-order chi connectivity index (χ1) is 5.27. The van der Waals surface area contributed by atoms with Crippen molar-refractivity contribution in [3.05, 3.63) is 12.2 Å². The second-order valence-electron chi connectivity index (χ2n) is 2.92. The fourth-order valence-corrected chi connectivity index (χ4v) is 1.36. The summed E-state index contributed by atoms with van der Waals surface area (Å²) in [5.41, 5.74) is 12.0. The number of nitrogens with two attached hydrogens (primary N) is 2. The number of rotatable bonds is 3. The van der Waals surface area contributed by atoms with Crippen molar-refractivity contribution in [3.63, 3.8) is 0 Å². The van der Waals surface area contributed by atoms with Crippen LogP contribution in [0, 0.1) is 0 Å². The largest absolute Gasteiger partial charge is 0.369 e. The molecule has 11 heavy (non-hydrogen) atoms. The minimum absolute atomic E-state index is 0.161. The van der Waals surface area contributed by atoms with Gasteiger partial charge in [-0.25, -0.2) is 0 Å². The molecule has 64 valence electrons. The molecule has 1 saturated heterocycles. The SMILES string of the molecule is C=C1CC(CN)OC1CCN. The van der Waals surface area contributed by atoms with Crippen molar-refractivity contribution >= 4 is 0 Å². The van der Waals surface area contributed by atoms with E-state index in [1.54, 1.807) is 0 Å². The van der Waals surface area contributed by atoms with Gasteiger partial charge in [0.25, 0.3) is 0 Å². The number of hydrogen-bond donors (Lipinski definition) is 2. The minimum atomic E-state index is 0.161. The zero-order chi connectivity index (χ0) is 8.27. The highest BCUT2D eigenvalue weighted by atomic mass is 16.5. The lowest BCUT2D eigenvalue weighted by Gasteiger charge is -2.10. The molecule has 0 bridgehead atoms. The van der Waals surface area contributed by atoms with Crippen molar-refractivity contribution in [1.29, 1.82) is 0 Å².